The predicted molar refractivity (Wildman–Crippen MR) is 44.4 cm³/mol. The molecule has 0 fully saturated rings. The van der Waals surface area contributed by atoms with Crippen molar-refractivity contribution >= 4 is 0 Å². The van der Waals surface area contributed by atoms with E-state index in [1.165, 1.54) is 6.33 Å². The van der Waals surface area contributed by atoms with E-state index >= 15 is 0 Å². The lowest BCUT2D eigenvalue weighted by Gasteiger charge is -2.08. The van der Waals surface area contributed by atoms with Gasteiger partial charge in [-0.15, -0.1) is 0 Å². The summed E-state index contributed by atoms with van der Waals surface area (Å²) >= 11 is 0. The van der Waals surface area contributed by atoms with E-state index in [0.29, 0.717) is 6.61 Å². The summed E-state index contributed by atoms with van der Waals surface area (Å²) < 4.78 is 6.59. The highest BCUT2D eigenvalue weighted by atomic mass is 16.5. The number of nitrogens with two attached hydrogens (primary N) is 1. The van der Waals surface area contributed by atoms with Crippen LogP contribution >= 0.6 is 0 Å². The van der Waals surface area contributed by atoms with Gasteiger partial charge in [-0.25, -0.2) is 4.98 Å². The molecule has 68 valence electrons. The van der Waals surface area contributed by atoms with Gasteiger partial charge >= 0.3 is 0 Å². The lowest BCUT2D eigenvalue weighted by atomic mass is 10.2. The highest BCUT2D eigenvalue weighted by molar-refractivity contribution is 4.91. The molecule has 0 bridgehead atoms. The smallest absolute Gasteiger partial charge is 0.143 e. The third kappa shape index (κ3) is 2.02. The van der Waals surface area contributed by atoms with E-state index in [4.69, 9.17) is 10.5 Å². The lowest BCUT2D eigenvalue weighted by molar-refractivity contribution is 0.186. The Kier molecular flexibility index (Phi) is 3.19. The minimum absolute atomic E-state index is 0.0857. The predicted octanol–water partition coefficient (Wildman–Crippen LogP) is -0.149. The van der Waals surface area contributed by atoms with Crippen molar-refractivity contribution in [1.82, 2.24) is 14.8 Å². The van der Waals surface area contributed by atoms with Crippen molar-refractivity contribution in [3.63, 3.8) is 0 Å². The third-order valence-corrected chi connectivity index (χ3v) is 1.71. The fourth-order valence-corrected chi connectivity index (χ4v) is 1.01. The van der Waals surface area contributed by atoms with Crippen molar-refractivity contribution in [3.8, 4) is 0 Å². The first kappa shape index (κ1) is 9.15. The van der Waals surface area contributed by atoms with Crippen LogP contribution in [0, 0.1) is 0 Å². The average molecular weight is 170 g/mol. The van der Waals surface area contributed by atoms with Gasteiger partial charge in [0.05, 0.1) is 6.04 Å². The molecule has 0 spiro atoms. The van der Waals surface area contributed by atoms with Crippen LogP contribution in [-0.4, -0.2) is 28.5 Å². The normalized spacial score (nSPS) is 13.2. The zero-order valence-corrected chi connectivity index (χ0v) is 7.40. The number of rotatable bonds is 4. The molecule has 0 amide bonds. The Morgan fingerprint density at radius 2 is 2.50 bits per heavy atom. The molecular formula is C7H14N4O. The number of methoxy groups -OCH3 is 1. The van der Waals surface area contributed by atoms with E-state index in [2.05, 4.69) is 10.1 Å². The molecule has 0 aliphatic heterocycles. The van der Waals surface area contributed by atoms with Crippen LogP contribution in [0.5, 0.6) is 0 Å². The van der Waals surface area contributed by atoms with Crippen LogP contribution in [0.15, 0.2) is 6.33 Å². The molecule has 0 saturated heterocycles. The second kappa shape index (κ2) is 4.18. The molecule has 1 aromatic heterocycles. The fraction of sp³-hybridized carbons (Fsp3) is 0.714. The maximum atomic E-state index is 5.82. The van der Waals surface area contributed by atoms with Crippen molar-refractivity contribution in [3.05, 3.63) is 12.2 Å². The van der Waals surface area contributed by atoms with Gasteiger partial charge in [0.15, 0.2) is 0 Å². The summed E-state index contributed by atoms with van der Waals surface area (Å²) in [6.45, 7) is 0.647. The third-order valence-electron chi connectivity index (χ3n) is 1.71. The Balaban J connectivity index is 2.52. The van der Waals surface area contributed by atoms with E-state index in [1.807, 2.05) is 7.05 Å². The first-order valence-corrected chi connectivity index (χ1v) is 3.84. The summed E-state index contributed by atoms with van der Waals surface area (Å²) in [6, 6.07) is -0.0857. The topological polar surface area (TPSA) is 66.0 Å². The van der Waals surface area contributed by atoms with E-state index < -0.39 is 0 Å². The van der Waals surface area contributed by atoms with Gasteiger partial charge < -0.3 is 10.5 Å². The fourth-order valence-electron chi connectivity index (χ4n) is 1.01. The second-order valence-corrected chi connectivity index (χ2v) is 2.63. The quantitative estimate of drug-likeness (QED) is 0.682. The Morgan fingerprint density at radius 3 is 3.00 bits per heavy atom. The van der Waals surface area contributed by atoms with Gasteiger partial charge in [0.25, 0.3) is 0 Å². The monoisotopic (exact) mass is 170 g/mol. The number of nitrogens with zero attached hydrogens (tertiary/aromatic N) is 3. The van der Waals surface area contributed by atoms with Gasteiger partial charge in [0, 0.05) is 20.8 Å². The van der Waals surface area contributed by atoms with Gasteiger partial charge in [-0.2, -0.15) is 5.10 Å². The summed E-state index contributed by atoms with van der Waals surface area (Å²) in [4.78, 5) is 4.04. The number of hydrogen-bond acceptors (Lipinski definition) is 4. The zero-order valence-electron chi connectivity index (χ0n) is 7.40. The molecule has 0 saturated carbocycles. The van der Waals surface area contributed by atoms with Crippen LogP contribution in [0.25, 0.3) is 0 Å². The lowest BCUT2D eigenvalue weighted by Crippen LogP contribution is -2.17. The molecule has 12 heavy (non-hydrogen) atoms. The first-order valence-electron chi connectivity index (χ1n) is 3.84. The molecule has 0 aliphatic carbocycles. The Bertz CT molecular complexity index is 235. The molecule has 5 heteroatoms. The van der Waals surface area contributed by atoms with Crippen molar-refractivity contribution < 1.29 is 4.74 Å². The molecule has 0 aliphatic rings. The molecule has 0 aromatic carbocycles. The summed E-state index contributed by atoms with van der Waals surface area (Å²) in [5.74, 6) is 0.798. The van der Waals surface area contributed by atoms with Crippen LogP contribution in [0.4, 0.5) is 0 Å². The zero-order chi connectivity index (χ0) is 8.97. The number of ether oxygens (including phenoxy) is 1. The average Bonchev–Trinajstić information content (AvgIpc) is 2.47. The van der Waals surface area contributed by atoms with Gasteiger partial charge in [0.2, 0.25) is 0 Å². The van der Waals surface area contributed by atoms with Gasteiger partial charge in [0.1, 0.15) is 12.2 Å². The van der Waals surface area contributed by atoms with Gasteiger partial charge in [-0.1, -0.05) is 0 Å². The molecule has 2 N–H and O–H groups in total. The minimum atomic E-state index is -0.0857. The van der Waals surface area contributed by atoms with Gasteiger partial charge in [-0.05, 0) is 6.42 Å². The number of aryl methyl sites for hydroxylation is 1. The van der Waals surface area contributed by atoms with Gasteiger partial charge in [-0.3, -0.25) is 4.68 Å². The van der Waals surface area contributed by atoms with E-state index in [1.54, 1.807) is 11.8 Å². The highest BCUT2D eigenvalue weighted by Gasteiger charge is 2.10. The maximum absolute atomic E-state index is 5.82. The largest absolute Gasteiger partial charge is 0.385 e. The van der Waals surface area contributed by atoms with Crippen molar-refractivity contribution in [1.29, 1.82) is 0 Å². The first-order chi connectivity index (χ1) is 5.75. The van der Waals surface area contributed by atoms with E-state index in [0.717, 1.165) is 12.2 Å². The van der Waals surface area contributed by atoms with Crippen LogP contribution in [0.2, 0.25) is 0 Å². The molecule has 0 radical (unpaired) electrons. The molecule has 1 aromatic rings. The number of aromatic nitrogens is 3. The molecule has 1 unspecified atom stereocenters. The Labute approximate surface area is 71.5 Å². The molecular weight excluding hydrogens is 156 g/mol. The summed E-state index contributed by atoms with van der Waals surface area (Å²) in [6.07, 6.45) is 2.27. The van der Waals surface area contributed by atoms with Crippen LogP contribution < -0.4 is 5.73 Å². The van der Waals surface area contributed by atoms with Crippen molar-refractivity contribution in [2.75, 3.05) is 13.7 Å². The molecule has 5 nitrogen and oxygen atoms in total. The maximum Gasteiger partial charge on any atom is 0.143 e. The summed E-state index contributed by atoms with van der Waals surface area (Å²) in [5.41, 5.74) is 5.82. The Morgan fingerprint density at radius 1 is 1.75 bits per heavy atom. The standard InChI is InChI=1S/C7H14N4O/c1-11-7(9-5-10-11)6(8)3-4-12-2/h5-6H,3-4,8H2,1-2H3. The Hall–Kier alpha value is -0.940. The van der Waals surface area contributed by atoms with E-state index in [-0.39, 0.29) is 6.04 Å². The number of hydrogen-bond donors (Lipinski definition) is 1. The van der Waals surface area contributed by atoms with Crippen molar-refractivity contribution in [2.24, 2.45) is 12.8 Å². The summed E-state index contributed by atoms with van der Waals surface area (Å²) in [7, 11) is 3.48. The highest BCUT2D eigenvalue weighted by Crippen LogP contribution is 2.08. The van der Waals surface area contributed by atoms with Crippen LogP contribution in [-0.2, 0) is 11.8 Å². The summed E-state index contributed by atoms with van der Waals surface area (Å²) in [5, 5.41) is 3.93. The van der Waals surface area contributed by atoms with Crippen LogP contribution in [0.1, 0.15) is 18.3 Å². The molecule has 1 atom stereocenters. The minimum Gasteiger partial charge on any atom is -0.385 e. The SMILES string of the molecule is COCCC(N)c1ncnn1C. The van der Waals surface area contributed by atoms with E-state index in [9.17, 15) is 0 Å². The molecule has 1 heterocycles. The second-order valence-electron chi connectivity index (χ2n) is 2.63. The van der Waals surface area contributed by atoms with Crippen LogP contribution in [0.3, 0.4) is 0 Å². The molecule has 1 rings (SSSR count). The van der Waals surface area contributed by atoms with Crippen molar-refractivity contribution in [2.45, 2.75) is 12.5 Å².